The van der Waals surface area contributed by atoms with Gasteiger partial charge < -0.3 is 15.2 Å². The van der Waals surface area contributed by atoms with E-state index in [1.165, 1.54) is 19.3 Å². The van der Waals surface area contributed by atoms with Crippen LogP contribution in [0.2, 0.25) is 5.02 Å². The van der Waals surface area contributed by atoms with Crippen LogP contribution >= 0.6 is 11.6 Å². The Morgan fingerprint density at radius 1 is 1.23 bits per heavy atom. The van der Waals surface area contributed by atoms with Gasteiger partial charge in [-0.1, -0.05) is 11.6 Å². The van der Waals surface area contributed by atoms with Gasteiger partial charge in [-0.05, 0) is 93.4 Å². The molecular weight excluding hydrogens is 350 g/mol. The predicted molar refractivity (Wildman–Crippen MR) is 101 cm³/mol. The third kappa shape index (κ3) is 3.22. The highest BCUT2D eigenvalue weighted by molar-refractivity contribution is 6.30. The van der Waals surface area contributed by atoms with Gasteiger partial charge in [0.15, 0.2) is 5.60 Å². The van der Waals surface area contributed by atoms with Gasteiger partial charge in [-0.15, -0.1) is 0 Å². The van der Waals surface area contributed by atoms with Crippen molar-refractivity contribution in [3.8, 4) is 5.75 Å². The normalized spacial score (nSPS) is 35.4. The number of aliphatic hydroxyl groups is 1. The Balaban J connectivity index is 1.44. The van der Waals surface area contributed by atoms with Gasteiger partial charge in [0.1, 0.15) is 5.75 Å². The molecule has 4 aliphatic rings. The number of amides is 1. The Kier molecular flexibility index (Phi) is 4.47. The molecule has 0 aliphatic heterocycles. The highest BCUT2D eigenvalue weighted by Crippen LogP contribution is 2.59. The van der Waals surface area contributed by atoms with Crippen molar-refractivity contribution in [2.24, 2.45) is 23.2 Å². The van der Waals surface area contributed by atoms with Crippen LogP contribution in [-0.4, -0.2) is 29.3 Å². The molecule has 1 aromatic rings. The molecule has 26 heavy (non-hydrogen) atoms. The van der Waals surface area contributed by atoms with E-state index in [1.807, 2.05) is 13.8 Å². The van der Waals surface area contributed by atoms with Crippen LogP contribution in [0.1, 0.15) is 46.0 Å². The third-order valence-corrected chi connectivity index (χ3v) is 7.02. The number of ether oxygens (including phenoxy) is 1. The van der Waals surface area contributed by atoms with Crippen LogP contribution in [0.25, 0.3) is 0 Å². The van der Waals surface area contributed by atoms with Crippen LogP contribution in [0.3, 0.4) is 0 Å². The summed E-state index contributed by atoms with van der Waals surface area (Å²) < 4.78 is 5.94. The van der Waals surface area contributed by atoms with Crippen LogP contribution in [0.5, 0.6) is 5.75 Å². The van der Waals surface area contributed by atoms with Gasteiger partial charge in [-0.3, -0.25) is 4.79 Å². The van der Waals surface area contributed by atoms with Crippen LogP contribution in [-0.2, 0) is 4.79 Å². The Labute approximate surface area is 160 Å². The van der Waals surface area contributed by atoms with Crippen molar-refractivity contribution in [3.05, 3.63) is 29.3 Å². The molecule has 4 bridgehead atoms. The van der Waals surface area contributed by atoms with Crippen molar-refractivity contribution >= 4 is 17.5 Å². The number of nitrogens with one attached hydrogen (secondary N) is 1. The van der Waals surface area contributed by atoms with Crippen LogP contribution in [0, 0.1) is 23.2 Å². The first-order valence-corrected chi connectivity index (χ1v) is 10.0. The molecular formula is C21H28ClNO3. The lowest BCUT2D eigenvalue weighted by Crippen LogP contribution is -2.62. The SMILES string of the molecule is CC(C)(Oc1ccc(Cl)cc1)C(=O)NC1C2CC3CC1CC(CO)(C3)C2. The molecule has 0 spiro atoms. The second-order valence-electron chi connectivity index (χ2n) is 9.19. The molecule has 4 nitrogen and oxygen atoms in total. The van der Waals surface area contributed by atoms with Crippen LogP contribution < -0.4 is 10.1 Å². The molecule has 1 aromatic carbocycles. The average Bonchev–Trinajstić information content (AvgIpc) is 2.59. The van der Waals surface area contributed by atoms with Crippen molar-refractivity contribution in [3.63, 3.8) is 0 Å². The summed E-state index contributed by atoms with van der Waals surface area (Å²) in [6, 6.07) is 7.30. The molecule has 0 radical (unpaired) electrons. The maximum absolute atomic E-state index is 13.0. The molecule has 5 heteroatoms. The Bertz CT molecular complexity index is 671. The summed E-state index contributed by atoms with van der Waals surface area (Å²) in [6.45, 7) is 3.91. The Hall–Kier alpha value is -1.26. The van der Waals surface area contributed by atoms with Crippen molar-refractivity contribution in [1.82, 2.24) is 5.32 Å². The Morgan fingerprint density at radius 3 is 2.42 bits per heavy atom. The molecule has 4 fully saturated rings. The zero-order chi connectivity index (χ0) is 18.5. The number of halogens is 1. The fourth-order valence-electron chi connectivity index (χ4n) is 5.79. The lowest BCUT2D eigenvalue weighted by Gasteiger charge is -2.59. The molecule has 4 saturated carbocycles. The summed E-state index contributed by atoms with van der Waals surface area (Å²) in [5.74, 6) is 2.28. The highest BCUT2D eigenvalue weighted by atomic mass is 35.5. The summed E-state index contributed by atoms with van der Waals surface area (Å²) in [7, 11) is 0. The first-order chi connectivity index (χ1) is 12.3. The lowest BCUT2D eigenvalue weighted by molar-refractivity contribution is -0.142. The van der Waals surface area contributed by atoms with Gasteiger partial charge in [0, 0.05) is 17.7 Å². The van der Waals surface area contributed by atoms with E-state index in [1.54, 1.807) is 24.3 Å². The molecule has 1 amide bonds. The molecule has 2 unspecified atom stereocenters. The number of carbonyl (C=O) groups excluding carboxylic acids is 1. The molecule has 5 rings (SSSR count). The Morgan fingerprint density at radius 2 is 1.85 bits per heavy atom. The van der Waals surface area contributed by atoms with E-state index in [2.05, 4.69) is 5.32 Å². The second-order valence-corrected chi connectivity index (χ2v) is 9.63. The maximum atomic E-state index is 13.0. The fourth-order valence-corrected chi connectivity index (χ4v) is 5.92. The van der Waals surface area contributed by atoms with E-state index in [-0.39, 0.29) is 17.4 Å². The first kappa shape index (κ1) is 18.1. The van der Waals surface area contributed by atoms with Crippen LogP contribution in [0.15, 0.2) is 24.3 Å². The smallest absolute Gasteiger partial charge is 0.263 e. The summed E-state index contributed by atoms with van der Waals surface area (Å²) in [4.78, 5) is 13.0. The number of hydrogen-bond acceptors (Lipinski definition) is 3. The van der Waals surface area contributed by atoms with Gasteiger partial charge in [0.2, 0.25) is 0 Å². The molecule has 4 aliphatic carbocycles. The van der Waals surface area contributed by atoms with Gasteiger partial charge in [-0.25, -0.2) is 0 Å². The molecule has 0 heterocycles. The number of hydrogen-bond donors (Lipinski definition) is 2. The van der Waals surface area contributed by atoms with Crippen LogP contribution in [0.4, 0.5) is 0 Å². The van der Waals surface area contributed by atoms with Gasteiger partial charge >= 0.3 is 0 Å². The standard InChI is InChI=1S/C21H28ClNO3/c1-20(2,26-17-5-3-16(22)4-6-17)19(25)23-18-14-7-13-8-15(18)11-21(9-13,10-14)12-24/h3-6,13-15,18,24H,7-12H2,1-2H3,(H,23,25). The minimum Gasteiger partial charge on any atom is -0.478 e. The monoisotopic (exact) mass is 377 g/mol. The minimum absolute atomic E-state index is 0.0667. The summed E-state index contributed by atoms with van der Waals surface area (Å²) >= 11 is 5.91. The zero-order valence-corrected chi connectivity index (χ0v) is 16.3. The summed E-state index contributed by atoms with van der Waals surface area (Å²) in [5, 5.41) is 13.8. The average molecular weight is 378 g/mol. The van der Waals surface area contributed by atoms with E-state index in [0.29, 0.717) is 29.2 Å². The zero-order valence-electron chi connectivity index (χ0n) is 15.5. The van der Waals surface area contributed by atoms with Crippen molar-refractivity contribution in [2.75, 3.05) is 6.61 Å². The van der Waals surface area contributed by atoms with Gasteiger partial charge in [0.05, 0.1) is 0 Å². The molecule has 2 atom stereocenters. The predicted octanol–water partition coefficient (Wildman–Crippen LogP) is 3.80. The van der Waals surface area contributed by atoms with Crippen molar-refractivity contribution < 1.29 is 14.6 Å². The topological polar surface area (TPSA) is 58.6 Å². The lowest BCUT2D eigenvalue weighted by atomic mass is 9.48. The number of carbonyl (C=O) groups is 1. The quantitative estimate of drug-likeness (QED) is 0.820. The third-order valence-electron chi connectivity index (χ3n) is 6.77. The fraction of sp³-hybridized carbons (Fsp3) is 0.667. The first-order valence-electron chi connectivity index (χ1n) is 9.67. The van der Waals surface area contributed by atoms with E-state index < -0.39 is 5.60 Å². The maximum Gasteiger partial charge on any atom is 0.263 e. The molecule has 0 aromatic heterocycles. The molecule has 142 valence electrons. The van der Waals surface area contributed by atoms with E-state index in [9.17, 15) is 9.90 Å². The number of benzene rings is 1. The van der Waals surface area contributed by atoms with E-state index >= 15 is 0 Å². The molecule has 0 saturated heterocycles. The summed E-state index contributed by atoms with van der Waals surface area (Å²) in [5.41, 5.74) is -0.829. The minimum atomic E-state index is -0.947. The van der Waals surface area contributed by atoms with Crippen molar-refractivity contribution in [1.29, 1.82) is 0 Å². The van der Waals surface area contributed by atoms with E-state index in [0.717, 1.165) is 18.8 Å². The summed E-state index contributed by atoms with van der Waals surface area (Å²) in [6.07, 6.45) is 5.62. The molecule has 2 N–H and O–H groups in total. The number of rotatable bonds is 5. The second kappa shape index (κ2) is 6.42. The van der Waals surface area contributed by atoms with Gasteiger partial charge in [-0.2, -0.15) is 0 Å². The highest BCUT2D eigenvalue weighted by Gasteiger charge is 2.55. The number of aliphatic hydroxyl groups excluding tert-OH is 1. The van der Waals surface area contributed by atoms with Gasteiger partial charge in [0.25, 0.3) is 5.91 Å². The van der Waals surface area contributed by atoms with E-state index in [4.69, 9.17) is 16.3 Å². The largest absolute Gasteiger partial charge is 0.478 e. The van der Waals surface area contributed by atoms with Crippen molar-refractivity contribution in [2.45, 2.75) is 57.6 Å².